The van der Waals surface area contributed by atoms with Crippen LogP contribution in [-0.4, -0.2) is 20.9 Å². The Labute approximate surface area is 167 Å². The van der Waals surface area contributed by atoms with Gasteiger partial charge in [-0.3, -0.25) is 4.79 Å². The summed E-state index contributed by atoms with van der Waals surface area (Å²) in [7, 11) is 0. The van der Waals surface area contributed by atoms with Crippen molar-refractivity contribution in [1.82, 2.24) is 14.6 Å². The van der Waals surface area contributed by atoms with Crippen molar-refractivity contribution in [1.29, 1.82) is 0 Å². The molecule has 0 saturated carbocycles. The summed E-state index contributed by atoms with van der Waals surface area (Å²) in [5, 5.41) is 5.30. The SMILES string of the molecule is CSc1ccc(C=c2sc3nc(-c4ccc(Cl)cc4Cl)nn3c2=O)cc1. The zero-order chi connectivity index (χ0) is 18.3. The summed E-state index contributed by atoms with van der Waals surface area (Å²) in [6.07, 6.45) is 3.88. The van der Waals surface area contributed by atoms with Crippen molar-refractivity contribution in [3.8, 4) is 11.4 Å². The summed E-state index contributed by atoms with van der Waals surface area (Å²) in [4.78, 5) is 18.8. The molecule has 0 aliphatic heterocycles. The number of halogens is 2. The van der Waals surface area contributed by atoms with E-state index in [1.165, 1.54) is 20.7 Å². The lowest BCUT2D eigenvalue weighted by molar-refractivity contribution is 0.937. The molecular formula is C18H11Cl2N3OS2. The average molecular weight is 420 g/mol. The monoisotopic (exact) mass is 419 g/mol. The second-order valence-corrected chi connectivity index (χ2v) is 8.18. The second-order valence-electron chi connectivity index (χ2n) is 5.44. The molecule has 0 N–H and O–H groups in total. The molecule has 0 aliphatic rings. The Morgan fingerprint density at radius 1 is 1.15 bits per heavy atom. The molecule has 2 aromatic carbocycles. The predicted molar refractivity (Wildman–Crippen MR) is 110 cm³/mol. The van der Waals surface area contributed by atoms with Gasteiger partial charge in [-0.05, 0) is 48.2 Å². The van der Waals surface area contributed by atoms with E-state index in [1.807, 2.05) is 36.6 Å². The van der Waals surface area contributed by atoms with E-state index < -0.39 is 0 Å². The van der Waals surface area contributed by atoms with Gasteiger partial charge in [0.15, 0.2) is 5.82 Å². The molecule has 130 valence electrons. The van der Waals surface area contributed by atoms with Crippen LogP contribution in [0.25, 0.3) is 22.4 Å². The number of thioether (sulfide) groups is 1. The Kier molecular flexibility index (Phi) is 4.75. The second kappa shape index (κ2) is 7.04. The zero-order valence-electron chi connectivity index (χ0n) is 13.4. The van der Waals surface area contributed by atoms with E-state index in [0.29, 0.717) is 30.9 Å². The van der Waals surface area contributed by atoms with Crippen molar-refractivity contribution in [2.75, 3.05) is 6.26 Å². The average Bonchev–Trinajstić information content (AvgIpc) is 3.15. The minimum Gasteiger partial charge on any atom is -0.266 e. The van der Waals surface area contributed by atoms with Crippen molar-refractivity contribution in [3.05, 3.63) is 73.0 Å². The minimum atomic E-state index is -0.192. The number of hydrogen-bond donors (Lipinski definition) is 0. The minimum absolute atomic E-state index is 0.192. The van der Waals surface area contributed by atoms with Crippen LogP contribution in [0, 0.1) is 0 Å². The molecule has 2 heterocycles. The lowest BCUT2D eigenvalue weighted by atomic mass is 10.2. The highest BCUT2D eigenvalue weighted by atomic mass is 35.5. The lowest BCUT2D eigenvalue weighted by Crippen LogP contribution is -2.23. The van der Waals surface area contributed by atoms with Gasteiger partial charge in [0.2, 0.25) is 4.96 Å². The molecular weight excluding hydrogens is 409 g/mol. The number of hydrogen-bond acceptors (Lipinski definition) is 5. The molecule has 0 radical (unpaired) electrons. The molecule has 4 nitrogen and oxygen atoms in total. The van der Waals surface area contributed by atoms with Crippen LogP contribution < -0.4 is 10.1 Å². The molecule has 0 bridgehead atoms. The van der Waals surface area contributed by atoms with Crippen LogP contribution in [0.3, 0.4) is 0 Å². The van der Waals surface area contributed by atoms with Gasteiger partial charge in [-0.15, -0.1) is 16.9 Å². The molecule has 0 fully saturated rings. The van der Waals surface area contributed by atoms with Gasteiger partial charge in [-0.1, -0.05) is 46.7 Å². The first-order valence-electron chi connectivity index (χ1n) is 7.56. The summed E-state index contributed by atoms with van der Waals surface area (Å²) in [5.74, 6) is 0.408. The number of aromatic nitrogens is 3. The summed E-state index contributed by atoms with van der Waals surface area (Å²) in [6, 6.07) is 13.1. The van der Waals surface area contributed by atoms with Gasteiger partial charge in [0.25, 0.3) is 5.56 Å². The van der Waals surface area contributed by atoms with Crippen molar-refractivity contribution >= 4 is 57.3 Å². The van der Waals surface area contributed by atoms with E-state index in [-0.39, 0.29) is 5.56 Å². The summed E-state index contributed by atoms with van der Waals surface area (Å²) in [5.41, 5.74) is 1.41. The smallest absolute Gasteiger partial charge is 0.266 e. The lowest BCUT2D eigenvalue weighted by Gasteiger charge is -1.99. The highest BCUT2D eigenvalue weighted by molar-refractivity contribution is 7.98. The van der Waals surface area contributed by atoms with E-state index >= 15 is 0 Å². The Morgan fingerprint density at radius 3 is 2.58 bits per heavy atom. The first-order valence-corrected chi connectivity index (χ1v) is 10.4. The van der Waals surface area contributed by atoms with Gasteiger partial charge in [0, 0.05) is 15.5 Å². The van der Waals surface area contributed by atoms with E-state index in [1.54, 1.807) is 30.0 Å². The Hall–Kier alpha value is -1.86. The molecule has 0 unspecified atom stereocenters. The quantitative estimate of drug-likeness (QED) is 0.461. The third-order valence-corrected chi connectivity index (χ3v) is 6.02. The van der Waals surface area contributed by atoms with Crippen molar-refractivity contribution in [2.24, 2.45) is 0 Å². The van der Waals surface area contributed by atoms with E-state index in [2.05, 4.69) is 10.1 Å². The zero-order valence-corrected chi connectivity index (χ0v) is 16.6. The first kappa shape index (κ1) is 17.5. The summed E-state index contributed by atoms with van der Waals surface area (Å²) >= 11 is 15.1. The van der Waals surface area contributed by atoms with Crippen LogP contribution in [0.5, 0.6) is 0 Å². The van der Waals surface area contributed by atoms with E-state index in [9.17, 15) is 4.79 Å². The summed E-state index contributed by atoms with van der Waals surface area (Å²) in [6.45, 7) is 0. The molecule has 2 aromatic heterocycles. The highest BCUT2D eigenvalue weighted by Crippen LogP contribution is 2.28. The number of thiazole rings is 1. The van der Waals surface area contributed by atoms with Crippen LogP contribution in [0.4, 0.5) is 0 Å². The van der Waals surface area contributed by atoms with Gasteiger partial charge in [-0.25, -0.2) is 0 Å². The number of benzene rings is 2. The van der Waals surface area contributed by atoms with Crippen molar-refractivity contribution in [3.63, 3.8) is 0 Å². The van der Waals surface area contributed by atoms with Crippen LogP contribution >= 0.6 is 46.3 Å². The fourth-order valence-corrected chi connectivity index (χ4v) is 4.28. The van der Waals surface area contributed by atoms with Crippen molar-refractivity contribution in [2.45, 2.75) is 4.90 Å². The van der Waals surface area contributed by atoms with Crippen LogP contribution in [0.15, 0.2) is 52.2 Å². The molecule has 4 aromatic rings. The molecule has 0 aliphatic carbocycles. The molecule has 0 amide bonds. The largest absolute Gasteiger partial charge is 0.291 e. The van der Waals surface area contributed by atoms with Gasteiger partial charge in [0.1, 0.15) is 0 Å². The van der Waals surface area contributed by atoms with Gasteiger partial charge in [0.05, 0.1) is 9.55 Å². The normalized spacial score (nSPS) is 12.2. The number of rotatable bonds is 3. The van der Waals surface area contributed by atoms with E-state index in [0.717, 1.165) is 5.56 Å². The number of fused-ring (bicyclic) bond motifs is 1. The molecule has 26 heavy (non-hydrogen) atoms. The van der Waals surface area contributed by atoms with E-state index in [4.69, 9.17) is 23.2 Å². The summed E-state index contributed by atoms with van der Waals surface area (Å²) < 4.78 is 1.90. The molecule has 4 rings (SSSR count). The van der Waals surface area contributed by atoms with Crippen molar-refractivity contribution < 1.29 is 0 Å². The number of nitrogens with zero attached hydrogens (tertiary/aromatic N) is 3. The van der Waals surface area contributed by atoms with Gasteiger partial charge < -0.3 is 0 Å². The third-order valence-electron chi connectivity index (χ3n) is 3.77. The molecule has 0 spiro atoms. The van der Waals surface area contributed by atoms with Gasteiger partial charge >= 0.3 is 0 Å². The fourth-order valence-electron chi connectivity index (χ4n) is 2.47. The molecule has 0 atom stereocenters. The van der Waals surface area contributed by atoms with Crippen LogP contribution in [-0.2, 0) is 0 Å². The maximum Gasteiger partial charge on any atom is 0.291 e. The molecule has 8 heteroatoms. The highest BCUT2D eigenvalue weighted by Gasteiger charge is 2.14. The maximum atomic E-state index is 12.6. The standard InChI is InChI=1S/C18H11Cl2N3OS2/c1-25-12-5-2-10(3-6-12)8-15-17(24)23-18(26-15)21-16(22-23)13-7-4-11(19)9-14(13)20/h2-9H,1H3. The predicted octanol–water partition coefficient (Wildman–Crippen LogP) is 4.39. The van der Waals surface area contributed by atoms with Crippen LogP contribution in [0.2, 0.25) is 10.0 Å². The fraction of sp³-hybridized carbons (Fsp3) is 0.0556. The Bertz CT molecular complexity index is 1220. The maximum absolute atomic E-state index is 12.6. The Morgan fingerprint density at radius 2 is 1.92 bits per heavy atom. The van der Waals surface area contributed by atoms with Crippen LogP contribution in [0.1, 0.15) is 5.56 Å². The third kappa shape index (κ3) is 3.25. The van der Waals surface area contributed by atoms with Gasteiger partial charge in [-0.2, -0.15) is 9.50 Å². The first-order chi connectivity index (χ1) is 12.5. The molecule has 0 saturated heterocycles. The Balaban J connectivity index is 1.78. The topological polar surface area (TPSA) is 47.3 Å².